The molecule has 3 aromatic heterocycles. The van der Waals surface area contributed by atoms with Crippen LogP contribution in [-0.2, 0) is 11.0 Å². The lowest BCUT2D eigenvalue weighted by atomic mass is 10.00. The van der Waals surface area contributed by atoms with Gasteiger partial charge >= 0.3 is 6.18 Å². The van der Waals surface area contributed by atoms with Crippen LogP contribution in [0, 0.1) is 5.95 Å². The number of H-pyrrole nitrogens is 1. The standard InChI is InChI=1S/C23H16F4N4O/c1-3-21(32)31(2)17-7-14(6-16(10-17)23(25,26)27)15-8-18-19(12-30-22(18)29-11-15)13-4-5-28-20(24)9-13/h3-12H,1H2,2H3,(H,29,30). The van der Waals surface area contributed by atoms with Gasteiger partial charge in [0.05, 0.1) is 5.56 Å². The molecule has 0 unspecified atom stereocenters. The molecule has 0 aliphatic carbocycles. The van der Waals surface area contributed by atoms with Gasteiger partial charge in [-0.1, -0.05) is 6.58 Å². The fraction of sp³-hybridized carbons (Fsp3) is 0.0870. The maximum Gasteiger partial charge on any atom is 0.416 e. The molecule has 4 aromatic rings. The maximum atomic E-state index is 13.6. The van der Waals surface area contributed by atoms with E-state index in [1.54, 1.807) is 18.3 Å². The van der Waals surface area contributed by atoms with Crippen molar-refractivity contribution in [3.05, 3.63) is 79.2 Å². The number of carbonyl (C=O) groups is 1. The Hall–Kier alpha value is -4.01. The summed E-state index contributed by atoms with van der Waals surface area (Å²) in [6, 6.07) is 7.92. The number of rotatable bonds is 4. The van der Waals surface area contributed by atoms with Crippen LogP contribution in [0.2, 0.25) is 0 Å². The molecule has 1 N–H and O–H groups in total. The number of aromatic nitrogens is 3. The first-order valence-electron chi connectivity index (χ1n) is 9.39. The fourth-order valence-corrected chi connectivity index (χ4v) is 3.37. The normalized spacial score (nSPS) is 11.5. The number of aromatic amines is 1. The minimum absolute atomic E-state index is 0.0605. The number of benzene rings is 1. The number of fused-ring (bicyclic) bond motifs is 1. The Morgan fingerprint density at radius 3 is 2.56 bits per heavy atom. The lowest BCUT2D eigenvalue weighted by Crippen LogP contribution is -2.24. The number of likely N-dealkylation sites (N-methyl/N-ethyl adjacent to an activating group) is 1. The summed E-state index contributed by atoms with van der Waals surface area (Å²) in [4.78, 5) is 23.9. The highest BCUT2D eigenvalue weighted by Crippen LogP contribution is 2.37. The number of alkyl halides is 3. The number of anilines is 1. The topological polar surface area (TPSA) is 61.9 Å². The zero-order valence-corrected chi connectivity index (χ0v) is 16.7. The van der Waals surface area contributed by atoms with Crippen LogP contribution >= 0.6 is 0 Å². The van der Waals surface area contributed by atoms with Crippen LogP contribution in [0.25, 0.3) is 33.3 Å². The molecule has 1 amide bonds. The van der Waals surface area contributed by atoms with E-state index in [1.165, 1.54) is 31.6 Å². The third-order valence-corrected chi connectivity index (χ3v) is 5.04. The summed E-state index contributed by atoms with van der Waals surface area (Å²) in [6.07, 6.45) is 0.808. The van der Waals surface area contributed by atoms with E-state index < -0.39 is 23.6 Å². The lowest BCUT2D eigenvalue weighted by molar-refractivity contribution is -0.137. The molecule has 9 heteroatoms. The molecule has 1 aromatic carbocycles. The largest absolute Gasteiger partial charge is 0.416 e. The zero-order valence-electron chi connectivity index (χ0n) is 16.7. The van der Waals surface area contributed by atoms with Crippen LogP contribution in [0.5, 0.6) is 0 Å². The number of pyridine rings is 2. The van der Waals surface area contributed by atoms with E-state index in [4.69, 9.17) is 0 Å². The fourth-order valence-electron chi connectivity index (χ4n) is 3.37. The van der Waals surface area contributed by atoms with Crippen LogP contribution in [0.1, 0.15) is 5.56 Å². The number of hydrogen-bond donors (Lipinski definition) is 1. The van der Waals surface area contributed by atoms with Gasteiger partial charge in [-0.2, -0.15) is 17.6 Å². The molecule has 162 valence electrons. The number of hydrogen-bond acceptors (Lipinski definition) is 3. The second-order valence-corrected chi connectivity index (χ2v) is 7.06. The second-order valence-electron chi connectivity index (χ2n) is 7.06. The summed E-state index contributed by atoms with van der Waals surface area (Å²) in [6.45, 7) is 3.37. The first-order chi connectivity index (χ1) is 15.2. The Labute approximate surface area is 180 Å². The van der Waals surface area contributed by atoms with Crippen molar-refractivity contribution in [3.63, 3.8) is 0 Å². The van der Waals surface area contributed by atoms with Gasteiger partial charge in [-0.25, -0.2) is 9.97 Å². The van der Waals surface area contributed by atoms with Crippen molar-refractivity contribution in [3.8, 4) is 22.3 Å². The van der Waals surface area contributed by atoms with Crippen molar-refractivity contribution in [1.29, 1.82) is 0 Å². The number of carbonyl (C=O) groups excluding carboxylic acids is 1. The molecule has 0 aliphatic rings. The summed E-state index contributed by atoms with van der Waals surface area (Å²) in [7, 11) is 1.37. The highest BCUT2D eigenvalue weighted by Gasteiger charge is 2.32. The van der Waals surface area contributed by atoms with Gasteiger partial charge in [0.15, 0.2) is 0 Å². The SMILES string of the molecule is C=CC(=O)N(C)c1cc(-c2cnc3[nH]cc(-c4ccnc(F)c4)c3c2)cc(C(F)(F)F)c1. The van der Waals surface area contributed by atoms with Crippen LogP contribution in [0.15, 0.2) is 67.6 Å². The molecule has 0 fully saturated rings. The molecule has 4 rings (SSSR count). The Bertz CT molecular complexity index is 1340. The molecule has 0 bridgehead atoms. The molecule has 0 radical (unpaired) electrons. The quantitative estimate of drug-likeness (QED) is 0.255. The Kier molecular flexibility index (Phi) is 5.25. The average molecular weight is 440 g/mol. The third kappa shape index (κ3) is 3.96. The first kappa shape index (κ1) is 21.2. The van der Waals surface area contributed by atoms with E-state index in [-0.39, 0.29) is 11.3 Å². The van der Waals surface area contributed by atoms with Gasteiger partial charge in [0.25, 0.3) is 0 Å². The van der Waals surface area contributed by atoms with Crippen molar-refractivity contribution in [2.75, 3.05) is 11.9 Å². The van der Waals surface area contributed by atoms with E-state index in [2.05, 4.69) is 21.5 Å². The number of amides is 1. The monoisotopic (exact) mass is 440 g/mol. The molecule has 32 heavy (non-hydrogen) atoms. The van der Waals surface area contributed by atoms with Crippen LogP contribution in [0.3, 0.4) is 0 Å². The van der Waals surface area contributed by atoms with E-state index in [1.807, 2.05) is 0 Å². The van der Waals surface area contributed by atoms with E-state index in [9.17, 15) is 22.4 Å². The minimum atomic E-state index is -4.62. The van der Waals surface area contributed by atoms with Crippen molar-refractivity contribution < 1.29 is 22.4 Å². The molecule has 0 saturated carbocycles. The van der Waals surface area contributed by atoms with Gasteiger partial charge in [-0.3, -0.25) is 4.79 Å². The Morgan fingerprint density at radius 2 is 1.88 bits per heavy atom. The second kappa shape index (κ2) is 7.92. The smallest absolute Gasteiger partial charge is 0.346 e. The summed E-state index contributed by atoms with van der Waals surface area (Å²) in [5.74, 6) is -1.20. The van der Waals surface area contributed by atoms with Crippen LogP contribution in [-0.4, -0.2) is 27.9 Å². The van der Waals surface area contributed by atoms with Crippen LogP contribution in [0.4, 0.5) is 23.2 Å². The number of halogens is 4. The predicted molar refractivity (Wildman–Crippen MR) is 113 cm³/mol. The molecule has 3 heterocycles. The summed E-state index contributed by atoms with van der Waals surface area (Å²) in [5, 5.41) is 0.600. The summed E-state index contributed by atoms with van der Waals surface area (Å²) >= 11 is 0. The highest BCUT2D eigenvalue weighted by molar-refractivity contribution is 6.01. The first-order valence-corrected chi connectivity index (χ1v) is 9.39. The molecule has 5 nitrogen and oxygen atoms in total. The van der Waals surface area contributed by atoms with Gasteiger partial charge in [-0.15, -0.1) is 0 Å². The van der Waals surface area contributed by atoms with Gasteiger partial charge in [0.2, 0.25) is 11.9 Å². The molecule has 0 spiro atoms. The Morgan fingerprint density at radius 1 is 1.09 bits per heavy atom. The van der Waals surface area contributed by atoms with Crippen molar-refractivity contribution in [2.24, 2.45) is 0 Å². The molecule has 0 saturated heterocycles. The molecule has 0 aliphatic heterocycles. The highest BCUT2D eigenvalue weighted by atomic mass is 19.4. The third-order valence-electron chi connectivity index (χ3n) is 5.04. The molecule has 0 atom stereocenters. The lowest BCUT2D eigenvalue weighted by Gasteiger charge is -2.19. The zero-order chi connectivity index (χ0) is 23.0. The van der Waals surface area contributed by atoms with Crippen molar-refractivity contribution in [1.82, 2.24) is 15.0 Å². The van der Waals surface area contributed by atoms with Gasteiger partial charge < -0.3 is 9.88 Å². The van der Waals surface area contributed by atoms with Crippen molar-refractivity contribution >= 4 is 22.6 Å². The van der Waals surface area contributed by atoms with E-state index in [0.29, 0.717) is 27.7 Å². The van der Waals surface area contributed by atoms with Crippen LogP contribution < -0.4 is 4.90 Å². The van der Waals surface area contributed by atoms with Crippen molar-refractivity contribution in [2.45, 2.75) is 6.18 Å². The van der Waals surface area contributed by atoms with Gasteiger partial charge in [0, 0.05) is 53.9 Å². The average Bonchev–Trinajstić information content (AvgIpc) is 3.20. The van der Waals surface area contributed by atoms with Gasteiger partial charge in [-0.05, 0) is 47.5 Å². The molecular weight excluding hydrogens is 424 g/mol. The minimum Gasteiger partial charge on any atom is -0.346 e. The van der Waals surface area contributed by atoms with E-state index >= 15 is 0 Å². The summed E-state index contributed by atoms with van der Waals surface area (Å²) < 4.78 is 54.2. The number of nitrogens with zero attached hydrogens (tertiary/aromatic N) is 3. The van der Waals surface area contributed by atoms with E-state index in [0.717, 1.165) is 23.1 Å². The number of nitrogens with one attached hydrogen (secondary N) is 1. The maximum absolute atomic E-state index is 13.6. The molecular formula is C23H16F4N4O. The van der Waals surface area contributed by atoms with Gasteiger partial charge in [0.1, 0.15) is 5.65 Å². The summed E-state index contributed by atoms with van der Waals surface area (Å²) in [5.41, 5.74) is 1.45. The predicted octanol–water partition coefficient (Wildman–Crippen LogP) is 5.60. The Balaban J connectivity index is 1.89.